The topological polar surface area (TPSA) is 49.6 Å². The number of fused-ring (bicyclic) bond motifs is 1. The van der Waals surface area contributed by atoms with E-state index in [1.807, 2.05) is 0 Å². The van der Waals surface area contributed by atoms with Crippen molar-refractivity contribution in [3.05, 3.63) is 35.9 Å². The Balaban J connectivity index is 1.37. The second kappa shape index (κ2) is 9.41. The van der Waals surface area contributed by atoms with E-state index in [1.165, 1.54) is 44.1 Å². The summed E-state index contributed by atoms with van der Waals surface area (Å²) < 4.78 is 0. The molecule has 28 heavy (non-hydrogen) atoms. The molecular formula is C24H37N3O. The van der Waals surface area contributed by atoms with Gasteiger partial charge in [-0.2, -0.15) is 0 Å². The van der Waals surface area contributed by atoms with Gasteiger partial charge in [-0.3, -0.25) is 4.79 Å². The Morgan fingerprint density at radius 2 is 1.79 bits per heavy atom. The molecule has 1 aliphatic carbocycles. The first-order chi connectivity index (χ1) is 13.7. The number of carbonyl (C=O) groups excluding carboxylic acids is 1. The predicted molar refractivity (Wildman–Crippen MR) is 114 cm³/mol. The van der Waals surface area contributed by atoms with Gasteiger partial charge in [-0.1, -0.05) is 49.6 Å². The van der Waals surface area contributed by atoms with Crippen LogP contribution in [0.4, 0.5) is 0 Å². The first kappa shape index (κ1) is 19.9. The molecule has 1 aromatic rings. The molecule has 1 unspecified atom stereocenters. The van der Waals surface area contributed by atoms with Crippen LogP contribution in [0, 0.1) is 11.8 Å². The third kappa shape index (κ3) is 4.60. The molecule has 154 valence electrons. The number of nitrogens with two attached hydrogens (primary N) is 1. The van der Waals surface area contributed by atoms with Gasteiger partial charge in [0.2, 0.25) is 5.91 Å². The Bertz CT molecular complexity index is 628. The molecule has 2 saturated heterocycles. The highest BCUT2D eigenvalue weighted by atomic mass is 16.2. The van der Waals surface area contributed by atoms with Crippen LogP contribution in [0.15, 0.2) is 30.3 Å². The Labute approximate surface area is 170 Å². The van der Waals surface area contributed by atoms with E-state index < -0.39 is 0 Å². The molecule has 2 heterocycles. The van der Waals surface area contributed by atoms with E-state index in [0.29, 0.717) is 17.9 Å². The van der Waals surface area contributed by atoms with Crippen molar-refractivity contribution in [3.63, 3.8) is 0 Å². The lowest BCUT2D eigenvalue weighted by atomic mass is 9.83. The zero-order valence-electron chi connectivity index (χ0n) is 17.3. The van der Waals surface area contributed by atoms with Crippen LogP contribution in [0.1, 0.15) is 56.9 Å². The van der Waals surface area contributed by atoms with Crippen molar-refractivity contribution in [2.45, 2.75) is 69.9 Å². The van der Waals surface area contributed by atoms with Crippen LogP contribution in [0.3, 0.4) is 0 Å². The van der Waals surface area contributed by atoms with Gasteiger partial charge in [-0.15, -0.1) is 0 Å². The van der Waals surface area contributed by atoms with Gasteiger partial charge in [0.1, 0.15) is 0 Å². The molecule has 2 aliphatic heterocycles. The van der Waals surface area contributed by atoms with E-state index in [1.54, 1.807) is 0 Å². The van der Waals surface area contributed by atoms with Crippen molar-refractivity contribution in [3.8, 4) is 0 Å². The number of carbonyl (C=O) groups is 1. The first-order valence-electron chi connectivity index (χ1n) is 11.5. The largest absolute Gasteiger partial charge is 0.337 e. The number of benzene rings is 1. The van der Waals surface area contributed by atoms with Crippen LogP contribution in [0.5, 0.6) is 0 Å². The summed E-state index contributed by atoms with van der Waals surface area (Å²) in [7, 11) is 0. The van der Waals surface area contributed by atoms with Crippen LogP contribution < -0.4 is 5.73 Å². The van der Waals surface area contributed by atoms with Crippen molar-refractivity contribution in [1.29, 1.82) is 0 Å². The first-order valence-corrected chi connectivity index (χ1v) is 11.5. The van der Waals surface area contributed by atoms with E-state index >= 15 is 0 Å². The molecule has 0 spiro atoms. The van der Waals surface area contributed by atoms with Crippen LogP contribution in [0.2, 0.25) is 0 Å². The molecule has 3 aliphatic rings. The minimum Gasteiger partial charge on any atom is -0.337 e. The van der Waals surface area contributed by atoms with Crippen LogP contribution in [0.25, 0.3) is 0 Å². The van der Waals surface area contributed by atoms with Crippen LogP contribution in [-0.2, 0) is 11.2 Å². The highest BCUT2D eigenvalue weighted by Crippen LogP contribution is 2.33. The maximum atomic E-state index is 13.3. The molecule has 0 radical (unpaired) electrons. The molecule has 3 atom stereocenters. The van der Waals surface area contributed by atoms with Crippen molar-refractivity contribution in [1.82, 2.24) is 9.80 Å². The summed E-state index contributed by atoms with van der Waals surface area (Å²) in [5.41, 5.74) is 7.90. The molecule has 0 aromatic heterocycles. The maximum Gasteiger partial charge on any atom is 0.240 e. The van der Waals surface area contributed by atoms with Gasteiger partial charge >= 0.3 is 0 Å². The lowest BCUT2D eigenvalue weighted by Gasteiger charge is -2.35. The predicted octanol–water partition coefficient (Wildman–Crippen LogP) is 3.45. The Morgan fingerprint density at radius 3 is 2.57 bits per heavy atom. The standard InChI is InChI=1S/C24H37N3O/c25-23(21-10-5-2-6-11-21)24(28)27-17-14-20-12-7-15-26(18-22(20)27)16-13-19-8-3-1-4-9-19/h1,3-4,8-9,20-23H,2,5-7,10-18,25H2/t20-,22?,23+/m1/s1. The number of amides is 1. The lowest BCUT2D eigenvalue weighted by Crippen LogP contribution is -2.53. The fraction of sp³-hybridized carbons (Fsp3) is 0.708. The minimum absolute atomic E-state index is 0.240. The molecule has 2 N–H and O–H groups in total. The molecular weight excluding hydrogens is 346 g/mol. The van der Waals surface area contributed by atoms with Crippen molar-refractivity contribution in [2.24, 2.45) is 17.6 Å². The molecule has 4 heteroatoms. The Hall–Kier alpha value is -1.39. The molecule has 1 aromatic carbocycles. The molecule has 1 saturated carbocycles. The normalized spacial score (nSPS) is 28.0. The zero-order chi connectivity index (χ0) is 19.3. The van der Waals surface area contributed by atoms with Gasteiger partial charge < -0.3 is 15.5 Å². The molecule has 4 nitrogen and oxygen atoms in total. The number of hydrogen-bond donors (Lipinski definition) is 1. The van der Waals surface area contributed by atoms with E-state index in [4.69, 9.17) is 5.73 Å². The summed E-state index contributed by atoms with van der Waals surface area (Å²) in [6.07, 6.45) is 10.8. The summed E-state index contributed by atoms with van der Waals surface area (Å²) in [5.74, 6) is 1.31. The fourth-order valence-corrected chi connectivity index (χ4v) is 5.73. The minimum atomic E-state index is -0.278. The summed E-state index contributed by atoms with van der Waals surface area (Å²) in [5, 5.41) is 0. The molecule has 0 bridgehead atoms. The summed E-state index contributed by atoms with van der Waals surface area (Å²) in [4.78, 5) is 18.1. The summed E-state index contributed by atoms with van der Waals surface area (Å²) in [6, 6.07) is 10.9. The fourth-order valence-electron chi connectivity index (χ4n) is 5.73. The maximum absolute atomic E-state index is 13.3. The highest BCUT2D eigenvalue weighted by molar-refractivity contribution is 5.82. The average molecular weight is 384 g/mol. The van der Waals surface area contributed by atoms with Crippen molar-refractivity contribution >= 4 is 5.91 Å². The molecule has 3 fully saturated rings. The highest BCUT2D eigenvalue weighted by Gasteiger charge is 2.41. The van der Waals surface area contributed by atoms with E-state index in [-0.39, 0.29) is 11.9 Å². The van der Waals surface area contributed by atoms with Crippen molar-refractivity contribution < 1.29 is 4.79 Å². The van der Waals surface area contributed by atoms with Gasteiger partial charge in [0.05, 0.1) is 6.04 Å². The number of nitrogens with zero attached hydrogens (tertiary/aromatic N) is 2. The molecule has 4 rings (SSSR count). The second-order valence-corrected chi connectivity index (χ2v) is 9.25. The van der Waals surface area contributed by atoms with E-state index in [2.05, 4.69) is 40.1 Å². The average Bonchev–Trinajstić information content (AvgIpc) is 3.03. The van der Waals surface area contributed by atoms with Crippen LogP contribution >= 0.6 is 0 Å². The summed E-state index contributed by atoms with van der Waals surface area (Å²) in [6.45, 7) is 4.20. The van der Waals surface area contributed by atoms with Gasteiger partial charge in [-0.25, -0.2) is 0 Å². The number of rotatable bonds is 5. The van der Waals surface area contributed by atoms with Gasteiger partial charge in [0.25, 0.3) is 0 Å². The van der Waals surface area contributed by atoms with Gasteiger partial charge in [0, 0.05) is 25.7 Å². The number of likely N-dealkylation sites (tertiary alicyclic amines) is 2. The third-order valence-electron chi connectivity index (χ3n) is 7.47. The number of hydrogen-bond acceptors (Lipinski definition) is 3. The van der Waals surface area contributed by atoms with Gasteiger partial charge in [0.15, 0.2) is 0 Å². The summed E-state index contributed by atoms with van der Waals surface area (Å²) >= 11 is 0. The molecule has 1 amide bonds. The monoisotopic (exact) mass is 383 g/mol. The van der Waals surface area contributed by atoms with Crippen LogP contribution in [-0.4, -0.2) is 54.0 Å². The smallest absolute Gasteiger partial charge is 0.240 e. The SMILES string of the molecule is N[C@H](C(=O)N1CC[C@H]2CCCN(CCc3ccccc3)CC21)C1CCCCC1. The van der Waals surface area contributed by atoms with Gasteiger partial charge in [-0.05, 0) is 62.5 Å². The Kier molecular flexibility index (Phi) is 6.69. The van der Waals surface area contributed by atoms with E-state index in [0.717, 1.165) is 45.4 Å². The second-order valence-electron chi connectivity index (χ2n) is 9.25. The lowest BCUT2D eigenvalue weighted by molar-refractivity contribution is -0.135. The zero-order valence-corrected chi connectivity index (χ0v) is 17.3. The third-order valence-corrected chi connectivity index (χ3v) is 7.47. The quantitative estimate of drug-likeness (QED) is 0.847. The Morgan fingerprint density at radius 1 is 1.00 bits per heavy atom. The van der Waals surface area contributed by atoms with E-state index in [9.17, 15) is 4.79 Å². The van der Waals surface area contributed by atoms with Crippen molar-refractivity contribution in [2.75, 3.05) is 26.2 Å².